The number of nitrogens with zero attached hydrogens (tertiary/aromatic N) is 3. The number of anilines is 2. The predicted octanol–water partition coefficient (Wildman–Crippen LogP) is 2.90. The smallest absolute Gasteiger partial charge is 0.342 e. The fourth-order valence-electron chi connectivity index (χ4n) is 2.14. The van der Waals surface area contributed by atoms with Crippen LogP contribution in [0.3, 0.4) is 0 Å². The van der Waals surface area contributed by atoms with Gasteiger partial charge in [0.2, 0.25) is 0 Å². The van der Waals surface area contributed by atoms with E-state index >= 15 is 0 Å². The van der Waals surface area contributed by atoms with E-state index in [-0.39, 0.29) is 0 Å². The standard InChI is InChI=1S/C16H14N4O2/c1-2-22-16(21)14-11-6-4-3-5-7-12(11)19-15(14)20-13-10-17-8-9-18-13/h3-10H,2H2,1H3,(H,18,19,20). The van der Waals surface area contributed by atoms with Crippen molar-refractivity contribution in [1.29, 1.82) is 0 Å². The van der Waals surface area contributed by atoms with Crippen LogP contribution in [0.2, 0.25) is 0 Å². The first-order valence-corrected chi connectivity index (χ1v) is 6.88. The molecule has 22 heavy (non-hydrogen) atoms. The molecule has 1 aromatic rings. The van der Waals surface area contributed by atoms with Crippen molar-refractivity contribution >= 4 is 17.6 Å². The molecule has 6 heteroatoms. The van der Waals surface area contributed by atoms with Crippen LogP contribution in [-0.4, -0.2) is 27.5 Å². The number of aromatic nitrogens is 3. The third-order valence-electron chi connectivity index (χ3n) is 3.04. The van der Waals surface area contributed by atoms with Crippen molar-refractivity contribution in [3.63, 3.8) is 0 Å². The van der Waals surface area contributed by atoms with Crippen LogP contribution in [0.5, 0.6) is 0 Å². The number of hydrogen-bond acceptors (Lipinski definition) is 6. The van der Waals surface area contributed by atoms with Gasteiger partial charge in [0.25, 0.3) is 0 Å². The van der Waals surface area contributed by atoms with Crippen LogP contribution in [0, 0.1) is 0 Å². The van der Waals surface area contributed by atoms with Crippen LogP contribution in [0.4, 0.5) is 11.6 Å². The summed E-state index contributed by atoms with van der Waals surface area (Å²) in [4.78, 5) is 24.9. The molecule has 2 heterocycles. The van der Waals surface area contributed by atoms with Gasteiger partial charge in [-0.3, -0.25) is 4.98 Å². The fraction of sp³-hybridized carbons (Fsp3) is 0.125. The van der Waals surface area contributed by atoms with Crippen molar-refractivity contribution in [2.45, 2.75) is 6.92 Å². The Kier molecular flexibility index (Phi) is 3.91. The quantitative estimate of drug-likeness (QED) is 0.745. The van der Waals surface area contributed by atoms with Crippen LogP contribution < -0.4 is 5.32 Å². The molecular weight excluding hydrogens is 280 g/mol. The summed E-state index contributed by atoms with van der Waals surface area (Å²) in [7, 11) is 0. The Hall–Kier alpha value is -3.02. The topological polar surface area (TPSA) is 77.0 Å². The molecule has 1 aromatic heterocycles. The molecule has 110 valence electrons. The van der Waals surface area contributed by atoms with Crippen molar-refractivity contribution < 1.29 is 9.53 Å². The lowest BCUT2D eigenvalue weighted by atomic mass is 10.1. The third-order valence-corrected chi connectivity index (χ3v) is 3.04. The van der Waals surface area contributed by atoms with E-state index < -0.39 is 5.97 Å². The molecule has 2 aliphatic rings. The molecular formula is C16H14N4O2. The Morgan fingerprint density at radius 3 is 2.86 bits per heavy atom. The average Bonchev–Trinajstić information content (AvgIpc) is 2.70. The first kappa shape index (κ1) is 13.9. The molecule has 0 saturated carbocycles. The van der Waals surface area contributed by atoms with Gasteiger partial charge in [-0.2, -0.15) is 0 Å². The van der Waals surface area contributed by atoms with E-state index in [1.807, 2.05) is 30.3 Å². The third kappa shape index (κ3) is 2.71. The minimum absolute atomic E-state index is 0.301. The van der Waals surface area contributed by atoms with E-state index in [0.717, 1.165) is 5.56 Å². The van der Waals surface area contributed by atoms with Gasteiger partial charge in [0.15, 0.2) is 0 Å². The maximum atomic E-state index is 12.3. The number of carbonyl (C=O) groups excluding carboxylic acids is 1. The highest BCUT2D eigenvalue weighted by Crippen LogP contribution is 2.32. The number of hydrogen-bond donors (Lipinski definition) is 1. The zero-order valence-corrected chi connectivity index (χ0v) is 12.0. The number of ether oxygens (including phenoxy) is 1. The molecule has 0 radical (unpaired) electrons. The van der Waals surface area contributed by atoms with Crippen LogP contribution in [-0.2, 0) is 4.74 Å². The van der Waals surface area contributed by atoms with Gasteiger partial charge in [-0.1, -0.05) is 24.3 Å². The summed E-state index contributed by atoms with van der Waals surface area (Å²) in [5, 5.41) is 3.03. The van der Waals surface area contributed by atoms with Crippen molar-refractivity contribution in [3.05, 3.63) is 54.5 Å². The van der Waals surface area contributed by atoms with E-state index in [4.69, 9.17) is 4.74 Å². The summed E-state index contributed by atoms with van der Waals surface area (Å²) in [5.74, 6) is 0.517. The van der Waals surface area contributed by atoms with Crippen LogP contribution in [0.25, 0.3) is 11.3 Å². The molecule has 3 rings (SSSR count). The molecule has 0 bridgehead atoms. The first-order chi connectivity index (χ1) is 10.8. The average molecular weight is 294 g/mol. The zero-order chi connectivity index (χ0) is 15.4. The highest BCUT2D eigenvalue weighted by molar-refractivity contribution is 6.03. The highest BCUT2D eigenvalue weighted by Gasteiger charge is 2.24. The van der Waals surface area contributed by atoms with Crippen LogP contribution in [0.1, 0.15) is 17.3 Å². The van der Waals surface area contributed by atoms with Crippen molar-refractivity contribution in [2.75, 3.05) is 11.9 Å². The first-order valence-electron chi connectivity index (χ1n) is 6.88. The summed E-state index contributed by atoms with van der Waals surface area (Å²) < 4.78 is 5.15. The Labute approximate surface area is 127 Å². The Morgan fingerprint density at radius 2 is 2.09 bits per heavy atom. The number of nitrogens with one attached hydrogen (secondary N) is 1. The second-order valence-corrected chi connectivity index (χ2v) is 4.48. The molecule has 0 aromatic carbocycles. The lowest BCUT2D eigenvalue weighted by molar-refractivity contribution is 0.0528. The molecule has 1 N–H and O–H groups in total. The van der Waals surface area contributed by atoms with E-state index in [2.05, 4.69) is 20.3 Å². The van der Waals surface area contributed by atoms with Gasteiger partial charge in [0.1, 0.15) is 17.2 Å². The van der Waals surface area contributed by atoms with Gasteiger partial charge >= 0.3 is 5.97 Å². The Balaban J connectivity index is 2.09. The number of carbonyl (C=O) groups is 1. The largest absolute Gasteiger partial charge is 0.462 e. The molecule has 0 saturated heterocycles. The number of esters is 1. The summed E-state index contributed by atoms with van der Waals surface area (Å²) in [6.45, 7) is 2.07. The number of fused-ring (bicyclic) bond motifs is 1. The van der Waals surface area contributed by atoms with Gasteiger partial charge in [0, 0.05) is 18.0 Å². The minimum atomic E-state index is -0.414. The van der Waals surface area contributed by atoms with Crippen molar-refractivity contribution in [1.82, 2.24) is 15.0 Å². The Bertz CT molecular complexity index is 761. The molecule has 1 aliphatic carbocycles. The SMILES string of the molecule is CCOC(=O)c1c2cccccc-2nc1Nc1cnccn1. The fourth-order valence-corrected chi connectivity index (χ4v) is 2.14. The van der Waals surface area contributed by atoms with Gasteiger partial charge in [-0.05, 0) is 13.0 Å². The van der Waals surface area contributed by atoms with Crippen molar-refractivity contribution in [3.8, 4) is 11.3 Å². The van der Waals surface area contributed by atoms with Gasteiger partial charge in [0.05, 0.1) is 18.5 Å². The molecule has 0 spiro atoms. The van der Waals surface area contributed by atoms with Gasteiger partial charge < -0.3 is 10.1 Å². The van der Waals surface area contributed by atoms with E-state index in [9.17, 15) is 4.79 Å². The minimum Gasteiger partial charge on any atom is -0.462 e. The molecule has 6 nitrogen and oxygen atoms in total. The second kappa shape index (κ2) is 6.17. The molecule has 0 atom stereocenters. The van der Waals surface area contributed by atoms with E-state index in [0.29, 0.717) is 29.5 Å². The van der Waals surface area contributed by atoms with Gasteiger partial charge in [-0.15, -0.1) is 0 Å². The second-order valence-electron chi connectivity index (χ2n) is 4.48. The molecule has 0 fully saturated rings. The molecule has 1 aliphatic heterocycles. The monoisotopic (exact) mass is 294 g/mol. The lowest BCUT2D eigenvalue weighted by Gasteiger charge is -2.05. The summed E-state index contributed by atoms with van der Waals surface area (Å²) in [5.41, 5.74) is 1.84. The van der Waals surface area contributed by atoms with E-state index in [1.54, 1.807) is 25.5 Å². The molecule has 0 amide bonds. The van der Waals surface area contributed by atoms with Gasteiger partial charge in [-0.25, -0.2) is 14.8 Å². The van der Waals surface area contributed by atoms with Crippen molar-refractivity contribution in [2.24, 2.45) is 0 Å². The Morgan fingerprint density at radius 1 is 1.23 bits per heavy atom. The zero-order valence-electron chi connectivity index (χ0n) is 12.0. The van der Waals surface area contributed by atoms with Crippen LogP contribution in [0.15, 0.2) is 48.9 Å². The lowest BCUT2D eigenvalue weighted by Crippen LogP contribution is -2.07. The predicted molar refractivity (Wildman–Crippen MR) is 82.1 cm³/mol. The maximum Gasteiger partial charge on any atom is 0.342 e. The normalized spacial score (nSPS) is 10.4. The van der Waals surface area contributed by atoms with E-state index in [1.165, 1.54) is 0 Å². The summed E-state index contributed by atoms with van der Waals surface area (Å²) >= 11 is 0. The maximum absolute atomic E-state index is 12.3. The summed E-state index contributed by atoms with van der Waals surface area (Å²) in [6, 6.07) is 9.30. The highest BCUT2D eigenvalue weighted by atomic mass is 16.5. The van der Waals surface area contributed by atoms with Crippen LogP contribution >= 0.6 is 0 Å². The summed E-state index contributed by atoms with van der Waals surface area (Å²) in [6.07, 6.45) is 4.70. The number of rotatable bonds is 4. The molecule has 0 unspecified atom stereocenters.